The third-order valence-electron chi connectivity index (χ3n) is 3.10. The molecule has 124 valence electrons. The average molecular weight is 329 g/mol. The van der Waals surface area contributed by atoms with Crippen LogP contribution in [-0.2, 0) is 10.1 Å². The minimum absolute atomic E-state index is 0.103. The maximum atomic E-state index is 12.9. The number of halogens is 1. The highest BCUT2D eigenvalue weighted by molar-refractivity contribution is 7.85. The molecular formula is C16H24FNO3S. The van der Waals surface area contributed by atoms with Crippen molar-refractivity contribution < 1.29 is 17.4 Å². The molecule has 1 aromatic rings. The molecule has 0 heterocycles. The number of hydrogen-bond acceptors (Lipinski definition) is 3. The minimum atomic E-state index is -3.90. The topological polar surface area (TPSA) is 66.4 Å². The Morgan fingerprint density at radius 2 is 1.91 bits per heavy atom. The summed E-state index contributed by atoms with van der Waals surface area (Å²) in [5.74, 6) is -0.0213. The second-order valence-corrected chi connectivity index (χ2v) is 7.31. The van der Waals surface area contributed by atoms with Crippen molar-refractivity contribution >= 4 is 16.2 Å². The van der Waals surface area contributed by atoms with E-state index in [9.17, 15) is 12.8 Å². The van der Waals surface area contributed by atoms with Crippen molar-refractivity contribution in [3.05, 3.63) is 41.7 Å². The standard InChI is InChI=1S/C16H24FNO3S/c1-13(2)12-16(18-10-3-11-22(19,20)21)9-6-14-4-7-15(17)8-5-14/h4-9,13,16,18H,3,10-12H2,1-2H3,(H,19,20,21)/b9-6+/t16-/m1/s1. The van der Waals surface area contributed by atoms with E-state index < -0.39 is 10.1 Å². The lowest BCUT2D eigenvalue weighted by molar-refractivity contribution is 0.462. The normalized spacial score (nSPS) is 13.9. The fourth-order valence-electron chi connectivity index (χ4n) is 2.08. The first-order valence-corrected chi connectivity index (χ1v) is 8.99. The van der Waals surface area contributed by atoms with E-state index in [1.807, 2.05) is 12.2 Å². The summed E-state index contributed by atoms with van der Waals surface area (Å²) in [6.45, 7) is 4.72. The molecule has 2 N–H and O–H groups in total. The first kappa shape index (κ1) is 18.8. The van der Waals surface area contributed by atoms with Crippen LogP contribution in [0.3, 0.4) is 0 Å². The van der Waals surface area contributed by atoms with Crippen LogP contribution in [0.4, 0.5) is 4.39 Å². The van der Waals surface area contributed by atoms with Gasteiger partial charge >= 0.3 is 0 Å². The summed E-state index contributed by atoms with van der Waals surface area (Å²) in [6.07, 6.45) is 5.18. The molecule has 0 radical (unpaired) electrons. The van der Waals surface area contributed by atoms with E-state index in [-0.39, 0.29) is 17.6 Å². The van der Waals surface area contributed by atoms with Gasteiger partial charge in [0.05, 0.1) is 5.75 Å². The lowest BCUT2D eigenvalue weighted by Gasteiger charge is -2.17. The summed E-state index contributed by atoms with van der Waals surface area (Å²) in [4.78, 5) is 0. The molecule has 1 atom stereocenters. The van der Waals surface area contributed by atoms with Crippen molar-refractivity contribution in [1.29, 1.82) is 0 Å². The Hall–Kier alpha value is -1.24. The number of hydrogen-bond donors (Lipinski definition) is 2. The molecule has 6 heteroatoms. The quantitative estimate of drug-likeness (QED) is 0.539. The van der Waals surface area contributed by atoms with Crippen LogP contribution in [0.5, 0.6) is 0 Å². The fourth-order valence-corrected chi connectivity index (χ4v) is 2.59. The Morgan fingerprint density at radius 1 is 1.27 bits per heavy atom. The van der Waals surface area contributed by atoms with Crippen molar-refractivity contribution in [1.82, 2.24) is 5.32 Å². The highest BCUT2D eigenvalue weighted by Gasteiger charge is 2.08. The van der Waals surface area contributed by atoms with Gasteiger partial charge in [0.2, 0.25) is 0 Å². The van der Waals surface area contributed by atoms with Crippen molar-refractivity contribution in [3.63, 3.8) is 0 Å². The lowest BCUT2D eigenvalue weighted by Crippen LogP contribution is -2.30. The molecule has 0 amide bonds. The molecule has 0 unspecified atom stereocenters. The molecule has 1 rings (SSSR count). The zero-order valence-corrected chi connectivity index (χ0v) is 13.8. The Kier molecular flexibility index (Phi) is 7.72. The van der Waals surface area contributed by atoms with E-state index in [0.29, 0.717) is 18.9 Å². The lowest BCUT2D eigenvalue weighted by atomic mass is 10.0. The molecule has 22 heavy (non-hydrogen) atoms. The highest BCUT2D eigenvalue weighted by Crippen LogP contribution is 2.10. The second kappa shape index (κ2) is 9.02. The monoisotopic (exact) mass is 329 g/mol. The van der Waals surface area contributed by atoms with E-state index in [0.717, 1.165) is 12.0 Å². The third-order valence-corrected chi connectivity index (χ3v) is 3.91. The van der Waals surface area contributed by atoms with E-state index in [2.05, 4.69) is 19.2 Å². The average Bonchev–Trinajstić information content (AvgIpc) is 2.40. The summed E-state index contributed by atoms with van der Waals surface area (Å²) < 4.78 is 42.9. The molecule has 0 bridgehead atoms. The van der Waals surface area contributed by atoms with Crippen molar-refractivity contribution in [3.8, 4) is 0 Å². The van der Waals surface area contributed by atoms with Gasteiger partial charge in [-0.25, -0.2) is 4.39 Å². The Labute approximate surface area is 132 Å². The maximum Gasteiger partial charge on any atom is 0.264 e. The van der Waals surface area contributed by atoms with Gasteiger partial charge in [-0.2, -0.15) is 8.42 Å². The van der Waals surface area contributed by atoms with E-state index in [4.69, 9.17) is 4.55 Å². The molecule has 0 saturated carbocycles. The van der Waals surface area contributed by atoms with Gasteiger partial charge in [0.25, 0.3) is 10.1 Å². The van der Waals surface area contributed by atoms with Crippen molar-refractivity contribution in [2.45, 2.75) is 32.7 Å². The first-order chi connectivity index (χ1) is 10.3. The number of rotatable bonds is 9. The molecular weight excluding hydrogens is 305 g/mol. The van der Waals surface area contributed by atoms with Crippen LogP contribution in [-0.4, -0.2) is 31.3 Å². The number of nitrogens with one attached hydrogen (secondary N) is 1. The van der Waals surface area contributed by atoms with Gasteiger partial charge in [-0.1, -0.05) is 38.1 Å². The van der Waals surface area contributed by atoms with E-state index in [1.165, 1.54) is 12.1 Å². The summed E-state index contributed by atoms with van der Waals surface area (Å²) in [6, 6.07) is 6.34. The van der Waals surface area contributed by atoms with Crippen molar-refractivity contribution in [2.24, 2.45) is 5.92 Å². The van der Waals surface area contributed by atoms with E-state index >= 15 is 0 Å². The summed E-state index contributed by atoms with van der Waals surface area (Å²) in [5.41, 5.74) is 0.912. The molecule has 0 aliphatic rings. The summed E-state index contributed by atoms with van der Waals surface area (Å²) in [5, 5.41) is 3.27. The molecule has 0 aromatic heterocycles. The molecule has 1 aromatic carbocycles. The first-order valence-electron chi connectivity index (χ1n) is 7.38. The molecule has 0 aliphatic heterocycles. The van der Waals surface area contributed by atoms with Gasteiger partial charge in [-0.15, -0.1) is 0 Å². The van der Waals surface area contributed by atoms with Gasteiger partial charge < -0.3 is 5.32 Å². The van der Waals surface area contributed by atoms with Crippen LogP contribution in [0.2, 0.25) is 0 Å². The Balaban J connectivity index is 2.54. The summed E-state index contributed by atoms with van der Waals surface area (Å²) in [7, 11) is -3.90. The third kappa shape index (κ3) is 8.92. The van der Waals surface area contributed by atoms with Gasteiger partial charge in [0.15, 0.2) is 0 Å². The van der Waals surface area contributed by atoms with Gasteiger partial charge in [-0.3, -0.25) is 4.55 Å². The molecule has 0 aliphatic carbocycles. The Bertz CT molecular complexity index is 568. The zero-order chi connectivity index (χ0) is 16.6. The van der Waals surface area contributed by atoms with Crippen LogP contribution in [0.15, 0.2) is 30.3 Å². The van der Waals surface area contributed by atoms with Crippen LogP contribution in [0.25, 0.3) is 6.08 Å². The highest BCUT2D eigenvalue weighted by atomic mass is 32.2. The van der Waals surface area contributed by atoms with Gasteiger partial charge in [-0.05, 0) is 43.0 Å². The smallest absolute Gasteiger partial charge is 0.264 e. The Morgan fingerprint density at radius 3 is 2.45 bits per heavy atom. The van der Waals surface area contributed by atoms with Crippen LogP contribution in [0, 0.1) is 11.7 Å². The summed E-state index contributed by atoms with van der Waals surface area (Å²) >= 11 is 0. The largest absolute Gasteiger partial charge is 0.310 e. The van der Waals surface area contributed by atoms with Gasteiger partial charge in [0, 0.05) is 6.04 Å². The fraction of sp³-hybridized carbons (Fsp3) is 0.500. The van der Waals surface area contributed by atoms with E-state index in [1.54, 1.807) is 12.1 Å². The molecule has 4 nitrogen and oxygen atoms in total. The number of benzene rings is 1. The van der Waals surface area contributed by atoms with Crippen LogP contribution < -0.4 is 5.32 Å². The SMILES string of the molecule is CC(C)C[C@@H](/C=C/c1ccc(F)cc1)NCCCS(=O)(=O)O. The molecule has 0 fully saturated rings. The van der Waals surface area contributed by atoms with Gasteiger partial charge in [0.1, 0.15) is 5.82 Å². The van der Waals surface area contributed by atoms with Crippen LogP contribution >= 0.6 is 0 Å². The predicted octanol–water partition coefficient (Wildman–Crippen LogP) is 3.12. The molecule has 0 spiro atoms. The molecule has 0 saturated heterocycles. The zero-order valence-electron chi connectivity index (χ0n) is 13.0. The maximum absolute atomic E-state index is 12.9. The second-order valence-electron chi connectivity index (χ2n) is 5.74. The van der Waals surface area contributed by atoms with Crippen molar-refractivity contribution in [2.75, 3.05) is 12.3 Å². The predicted molar refractivity (Wildman–Crippen MR) is 87.7 cm³/mol. The van der Waals surface area contributed by atoms with Crippen LogP contribution in [0.1, 0.15) is 32.3 Å². The minimum Gasteiger partial charge on any atom is -0.310 e.